The Morgan fingerprint density at radius 3 is 2.46 bits per heavy atom. The summed E-state index contributed by atoms with van der Waals surface area (Å²) in [5.41, 5.74) is 1.74. The number of benzene rings is 1. The molecule has 4 rings (SSSR count). The highest BCUT2D eigenvalue weighted by Gasteiger charge is 2.25. The van der Waals surface area contributed by atoms with E-state index in [1.54, 1.807) is 0 Å². The predicted octanol–water partition coefficient (Wildman–Crippen LogP) is 2.98. The van der Waals surface area contributed by atoms with Crippen LogP contribution in [-0.2, 0) is 0 Å². The molecule has 28 heavy (non-hydrogen) atoms. The van der Waals surface area contributed by atoms with Gasteiger partial charge in [-0.25, -0.2) is 9.97 Å². The van der Waals surface area contributed by atoms with E-state index in [9.17, 15) is 4.79 Å². The number of aromatic nitrogens is 2. The second-order valence-corrected chi connectivity index (χ2v) is 7.97. The van der Waals surface area contributed by atoms with Crippen LogP contribution in [0.5, 0.6) is 0 Å². The van der Waals surface area contributed by atoms with Gasteiger partial charge in [0, 0.05) is 51.0 Å². The van der Waals surface area contributed by atoms with Crippen LogP contribution in [0.4, 0.5) is 11.5 Å². The molecule has 0 saturated carbocycles. The number of para-hydroxylation sites is 1. The Morgan fingerprint density at radius 2 is 1.75 bits per heavy atom. The summed E-state index contributed by atoms with van der Waals surface area (Å²) in [5.74, 6) is 2.24. The standard InChI is InChI=1S/C22H29N5O/c1-17-7-6-10-27(16-17)21-15-20(23-18(2)24-21)22(28)26-13-11-25(12-14-26)19-8-4-3-5-9-19/h3-5,8-9,15,17H,6-7,10-14,16H2,1-2H3. The third-order valence-electron chi connectivity index (χ3n) is 5.71. The van der Waals surface area contributed by atoms with Gasteiger partial charge < -0.3 is 14.7 Å². The zero-order valence-corrected chi connectivity index (χ0v) is 16.8. The average Bonchev–Trinajstić information content (AvgIpc) is 2.73. The van der Waals surface area contributed by atoms with Crippen molar-refractivity contribution in [3.8, 4) is 0 Å². The Bertz CT molecular complexity index is 817. The average molecular weight is 380 g/mol. The van der Waals surface area contributed by atoms with E-state index in [1.165, 1.54) is 18.5 Å². The zero-order valence-electron chi connectivity index (χ0n) is 16.8. The summed E-state index contributed by atoms with van der Waals surface area (Å²) < 4.78 is 0. The molecule has 2 fully saturated rings. The van der Waals surface area contributed by atoms with Crippen molar-refractivity contribution in [2.45, 2.75) is 26.7 Å². The fraction of sp³-hybridized carbons (Fsp3) is 0.500. The van der Waals surface area contributed by atoms with Crippen molar-refractivity contribution < 1.29 is 4.79 Å². The lowest BCUT2D eigenvalue weighted by Gasteiger charge is -2.36. The maximum absolute atomic E-state index is 13.1. The summed E-state index contributed by atoms with van der Waals surface area (Å²) in [6, 6.07) is 12.3. The molecule has 148 valence electrons. The van der Waals surface area contributed by atoms with E-state index in [1.807, 2.05) is 24.0 Å². The van der Waals surface area contributed by atoms with Crippen LogP contribution in [0.2, 0.25) is 0 Å². The third kappa shape index (κ3) is 4.11. The van der Waals surface area contributed by atoms with E-state index in [-0.39, 0.29) is 5.91 Å². The highest BCUT2D eigenvalue weighted by atomic mass is 16.2. The number of piperazine rings is 1. The summed E-state index contributed by atoms with van der Waals surface area (Å²) in [5, 5.41) is 0. The van der Waals surface area contributed by atoms with Gasteiger partial charge in [0.05, 0.1) is 0 Å². The van der Waals surface area contributed by atoms with Crippen molar-refractivity contribution in [3.05, 3.63) is 47.9 Å². The Kier molecular flexibility index (Phi) is 5.46. The van der Waals surface area contributed by atoms with Gasteiger partial charge in [-0.1, -0.05) is 25.1 Å². The topological polar surface area (TPSA) is 52.6 Å². The summed E-state index contributed by atoms with van der Waals surface area (Å²) in [6.45, 7) is 9.27. The maximum atomic E-state index is 13.1. The molecule has 2 aliphatic heterocycles. The lowest BCUT2D eigenvalue weighted by atomic mass is 10.0. The van der Waals surface area contributed by atoms with Gasteiger partial charge in [-0.05, 0) is 37.8 Å². The first-order valence-electron chi connectivity index (χ1n) is 10.3. The van der Waals surface area contributed by atoms with E-state index < -0.39 is 0 Å². The lowest BCUT2D eigenvalue weighted by Crippen LogP contribution is -2.49. The molecule has 1 aromatic carbocycles. The number of amides is 1. The molecule has 1 amide bonds. The van der Waals surface area contributed by atoms with Crippen LogP contribution in [0.25, 0.3) is 0 Å². The number of aryl methyl sites for hydroxylation is 1. The van der Waals surface area contributed by atoms with E-state index >= 15 is 0 Å². The minimum Gasteiger partial charge on any atom is -0.368 e. The minimum atomic E-state index is 0.0181. The van der Waals surface area contributed by atoms with Gasteiger partial charge in [-0.3, -0.25) is 4.79 Å². The Hall–Kier alpha value is -2.63. The van der Waals surface area contributed by atoms with Crippen molar-refractivity contribution in [3.63, 3.8) is 0 Å². The number of carbonyl (C=O) groups is 1. The Morgan fingerprint density at radius 1 is 1.00 bits per heavy atom. The van der Waals surface area contributed by atoms with Crippen LogP contribution in [-0.4, -0.2) is 60.0 Å². The molecule has 1 aromatic heterocycles. The van der Waals surface area contributed by atoms with Gasteiger partial charge in [-0.2, -0.15) is 0 Å². The minimum absolute atomic E-state index is 0.0181. The zero-order chi connectivity index (χ0) is 19.5. The van der Waals surface area contributed by atoms with Crippen LogP contribution < -0.4 is 9.80 Å². The second-order valence-electron chi connectivity index (χ2n) is 7.97. The number of piperidine rings is 1. The van der Waals surface area contributed by atoms with Crippen molar-refractivity contribution >= 4 is 17.4 Å². The van der Waals surface area contributed by atoms with Crippen molar-refractivity contribution in [2.75, 3.05) is 49.1 Å². The van der Waals surface area contributed by atoms with Gasteiger partial charge in [0.25, 0.3) is 5.91 Å². The lowest BCUT2D eigenvalue weighted by molar-refractivity contribution is 0.0740. The molecule has 3 heterocycles. The molecule has 0 N–H and O–H groups in total. The molecule has 1 atom stereocenters. The fourth-order valence-electron chi connectivity index (χ4n) is 4.19. The third-order valence-corrected chi connectivity index (χ3v) is 5.71. The van der Waals surface area contributed by atoms with E-state index in [2.05, 4.69) is 51.0 Å². The van der Waals surface area contributed by atoms with Crippen LogP contribution in [0.3, 0.4) is 0 Å². The van der Waals surface area contributed by atoms with Gasteiger partial charge >= 0.3 is 0 Å². The van der Waals surface area contributed by atoms with Gasteiger partial charge in [0.15, 0.2) is 0 Å². The SMILES string of the molecule is Cc1nc(C(=O)N2CCN(c3ccccc3)CC2)cc(N2CCCC(C)C2)n1. The Labute approximate surface area is 167 Å². The molecule has 0 bridgehead atoms. The van der Waals surface area contributed by atoms with Crippen LogP contribution in [0.1, 0.15) is 36.1 Å². The molecule has 0 radical (unpaired) electrons. The van der Waals surface area contributed by atoms with Crippen LogP contribution in [0.15, 0.2) is 36.4 Å². The van der Waals surface area contributed by atoms with Crippen molar-refractivity contribution in [2.24, 2.45) is 5.92 Å². The monoisotopic (exact) mass is 379 g/mol. The van der Waals surface area contributed by atoms with E-state index in [0.29, 0.717) is 30.5 Å². The first-order valence-corrected chi connectivity index (χ1v) is 10.3. The molecule has 0 aliphatic carbocycles. The second kappa shape index (κ2) is 8.17. The quantitative estimate of drug-likeness (QED) is 0.821. The van der Waals surface area contributed by atoms with Crippen LogP contribution >= 0.6 is 0 Å². The molecule has 0 spiro atoms. The number of hydrogen-bond donors (Lipinski definition) is 0. The highest BCUT2D eigenvalue weighted by Crippen LogP contribution is 2.23. The number of carbonyl (C=O) groups excluding carboxylic acids is 1. The maximum Gasteiger partial charge on any atom is 0.272 e. The molecule has 2 aromatic rings. The largest absolute Gasteiger partial charge is 0.368 e. The van der Waals surface area contributed by atoms with Crippen molar-refractivity contribution in [1.29, 1.82) is 0 Å². The molecular weight excluding hydrogens is 350 g/mol. The molecule has 6 nitrogen and oxygen atoms in total. The summed E-state index contributed by atoms with van der Waals surface area (Å²) >= 11 is 0. The van der Waals surface area contributed by atoms with Gasteiger partial charge in [0.2, 0.25) is 0 Å². The Balaban J connectivity index is 1.45. The first-order chi connectivity index (χ1) is 13.6. The molecule has 2 aliphatic rings. The highest BCUT2D eigenvalue weighted by molar-refractivity contribution is 5.93. The number of anilines is 2. The normalized spacial score (nSPS) is 20.4. The smallest absolute Gasteiger partial charge is 0.272 e. The summed E-state index contributed by atoms with van der Waals surface area (Å²) in [7, 11) is 0. The summed E-state index contributed by atoms with van der Waals surface area (Å²) in [6.07, 6.45) is 2.44. The summed E-state index contributed by atoms with van der Waals surface area (Å²) in [4.78, 5) is 28.7. The van der Waals surface area contributed by atoms with Gasteiger partial charge in [0.1, 0.15) is 17.3 Å². The van der Waals surface area contributed by atoms with Gasteiger partial charge in [-0.15, -0.1) is 0 Å². The number of nitrogens with zero attached hydrogens (tertiary/aromatic N) is 5. The molecule has 2 saturated heterocycles. The van der Waals surface area contributed by atoms with Crippen molar-refractivity contribution in [1.82, 2.24) is 14.9 Å². The fourth-order valence-corrected chi connectivity index (χ4v) is 4.19. The van der Waals surface area contributed by atoms with E-state index in [4.69, 9.17) is 0 Å². The predicted molar refractivity (Wildman–Crippen MR) is 112 cm³/mol. The molecule has 6 heteroatoms. The van der Waals surface area contributed by atoms with Crippen LogP contribution in [0, 0.1) is 12.8 Å². The molecular formula is C22H29N5O. The first kappa shape index (κ1) is 18.7. The van der Waals surface area contributed by atoms with E-state index in [0.717, 1.165) is 32.0 Å². The molecule has 1 unspecified atom stereocenters. The number of rotatable bonds is 3. The number of hydrogen-bond acceptors (Lipinski definition) is 5.